The number of carbonyl (C=O) groups excluding carboxylic acids is 1. The molecule has 2 aromatic rings. The summed E-state index contributed by atoms with van der Waals surface area (Å²) < 4.78 is 41.4. The van der Waals surface area contributed by atoms with E-state index in [0.29, 0.717) is 5.56 Å². The highest BCUT2D eigenvalue weighted by Gasteiger charge is 2.32. The van der Waals surface area contributed by atoms with E-state index < -0.39 is 6.36 Å². The maximum Gasteiger partial charge on any atom is 0.573 e. The maximum absolute atomic E-state index is 12.4. The standard InChI is InChI=1S/C18H18F3NO2S/c1-13-7-9-15(10-8-13)25-12-17(23)22(2)11-14-5-3-4-6-16(14)24-18(19,20)21/h3-10H,11-12H2,1-2H3. The van der Waals surface area contributed by atoms with Crippen molar-refractivity contribution in [2.75, 3.05) is 12.8 Å². The van der Waals surface area contributed by atoms with Gasteiger partial charge in [-0.15, -0.1) is 24.9 Å². The Morgan fingerprint density at radius 2 is 1.76 bits per heavy atom. The van der Waals surface area contributed by atoms with Crippen molar-refractivity contribution in [2.45, 2.75) is 24.7 Å². The third kappa shape index (κ3) is 6.34. The van der Waals surface area contributed by atoms with Gasteiger partial charge in [0.2, 0.25) is 5.91 Å². The van der Waals surface area contributed by atoms with E-state index in [4.69, 9.17) is 0 Å². The number of nitrogens with zero attached hydrogens (tertiary/aromatic N) is 1. The lowest BCUT2D eigenvalue weighted by Gasteiger charge is -2.19. The highest BCUT2D eigenvalue weighted by Crippen LogP contribution is 2.27. The number of thioether (sulfide) groups is 1. The summed E-state index contributed by atoms with van der Waals surface area (Å²) in [5.74, 6) is -0.254. The van der Waals surface area contributed by atoms with E-state index in [-0.39, 0.29) is 24.0 Å². The monoisotopic (exact) mass is 369 g/mol. The summed E-state index contributed by atoms with van der Waals surface area (Å²) in [6.07, 6.45) is -4.76. The molecule has 0 fully saturated rings. The predicted molar refractivity (Wildman–Crippen MR) is 91.5 cm³/mol. The molecule has 0 aliphatic carbocycles. The van der Waals surface area contributed by atoms with Gasteiger partial charge < -0.3 is 9.64 Å². The Labute approximate surface area is 148 Å². The lowest BCUT2D eigenvalue weighted by atomic mass is 10.2. The van der Waals surface area contributed by atoms with Gasteiger partial charge in [-0.25, -0.2) is 0 Å². The Morgan fingerprint density at radius 3 is 2.40 bits per heavy atom. The average molecular weight is 369 g/mol. The minimum atomic E-state index is -4.76. The van der Waals surface area contributed by atoms with Gasteiger partial charge in [-0.2, -0.15) is 0 Å². The van der Waals surface area contributed by atoms with Crippen LogP contribution in [-0.2, 0) is 11.3 Å². The zero-order valence-electron chi connectivity index (χ0n) is 13.8. The SMILES string of the molecule is Cc1ccc(SCC(=O)N(C)Cc2ccccc2OC(F)(F)F)cc1. The molecule has 7 heteroatoms. The predicted octanol–water partition coefficient (Wildman–Crippen LogP) is 4.64. The van der Waals surface area contributed by atoms with Crippen LogP contribution in [0.3, 0.4) is 0 Å². The van der Waals surface area contributed by atoms with Crippen LogP contribution in [0.25, 0.3) is 0 Å². The molecular weight excluding hydrogens is 351 g/mol. The molecule has 0 atom stereocenters. The number of aryl methyl sites for hydroxylation is 1. The quantitative estimate of drug-likeness (QED) is 0.695. The van der Waals surface area contributed by atoms with Crippen LogP contribution in [-0.4, -0.2) is 30.0 Å². The van der Waals surface area contributed by atoms with Crippen LogP contribution in [0.4, 0.5) is 13.2 Å². The van der Waals surface area contributed by atoms with E-state index in [1.165, 1.54) is 34.9 Å². The van der Waals surface area contributed by atoms with Crippen molar-refractivity contribution in [2.24, 2.45) is 0 Å². The number of hydrogen-bond donors (Lipinski definition) is 0. The number of benzene rings is 2. The molecule has 2 rings (SSSR count). The van der Waals surface area contributed by atoms with E-state index in [9.17, 15) is 18.0 Å². The topological polar surface area (TPSA) is 29.5 Å². The van der Waals surface area contributed by atoms with Gasteiger partial charge >= 0.3 is 6.36 Å². The first-order valence-electron chi connectivity index (χ1n) is 7.51. The second-order valence-corrected chi connectivity index (χ2v) is 6.56. The smallest absolute Gasteiger partial charge is 0.405 e. The summed E-state index contributed by atoms with van der Waals surface area (Å²) in [6.45, 7) is 2.02. The first-order chi connectivity index (χ1) is 11.7. The minimum absolute atomic E-state index is 0.0412. The zero-order valence-corrected chi connectivity index (χ0v) is 14.7. The highest BCUT2D eigenvalue weighted by molar-refractivity contribution is 8.00. The van der Waals surface area contributed by atoms with Crippen LogP contribution in [0, 0.1) is 6.92 Å². The molecule has 0 unspecified atom stereocenters. The summed E-state index contributed by atoms with van der Waals surface area (Å²) in [7, 11) is 1.56. The average Bonchev–Trinajstić information content (AvgIpc) is 2.54. The molecule has 0 aromatic heterocycles. The van der Waals surface area contributed by atoms with Crippen molar-refractivity contribution in [3.05, 3.63) is 59.7 Å². The van der Waals surface area contributed by atoms with Gasteiger partial charge in [-0.3, -0.25) is 4.79 Å². The van der Waals surface area contributed by atoms with Crippen molar-refractivity contribution in [3.63, 3.8) is 0 Å². The lowest BCUT2D eigenvalue weighted by molar-refractivity contribution is -0.275. The van der Waals surface area contributed by atoms with Crippen molar-refractivity contribution in [1.29, 1.82) is 0 Å². The third-order valence-corrected chi connectivity index (χ3v) is 4.41. The van der Waals surface area contributed by atoms with Crippen LogP contribution >= 0.6 is 11.8 Å². The normalized spacial score (nSPS) is 11.2. The third-order valence-electron chi connectivity index (χ3n) is 3.41. The first kappa shape index (κ1) is 19.2. The fourth-order valence-corrected chi connectivity index (χ4v) is 2.93. The Kier molecular flexibility index (Phi) is 6.36. The van der Waals surface area contributed by atoms with Crippen LogP contribution < -0.4 is 4.74 Å². The summed E-state index contributed by atoms with van der Waals surface area (Å²) in [5, 5.41) is 0. The summed E-state index contributed by atoms with van der Waals surface area (Å²) in [5.41, 5.74) is 1.44. The number of alkyl halides is 3. The Balaban J connectivity index is 1.95. The first-order valence-corrected chi connectivity index (χ1v) is 8.50. The van der Waals surface area contributed by atoms with Gasteiger partial charge in [0.15, 0.2) is 0 Å². The van der Waals surface area contributed by atoms with Crippen molar-refractivity contribution in [3.8, 4) is 5.75 Å². The second kappa shape index (κ2) is 8.29. The van der Waals surface area contributed by atoms with Gasteiger partial charge in [-0.05, 0) is 25.1 Å². The molecule has 1 amide bonds. The number of ether oxygens (including phenoxy) is 1. The molecule has 134 valence electrons. The Bertz CT molecular complexity index is 717. The number of hydrogen-bond acceptors (Lipinski definition) is 3. The number of para-hydroxylation sites is 1. The van der Waals surface area contributed by atoms with Gasteiger partial charge in [-0.1, -0.05) is 35.9 Å². The summed E-state index contributed by atoms with van der Waals surface area (Å²) in [6, 6.07) is 13.6. The van der Waals surface area contributed by atoms with E-state index in [2.05, 4.69) is 4.74 Å². The van der Waals surface area contributed by atoms with Crippen molar-refractivity contribution < 1.29 is 22.7 Å². The van der Waals surface area contributed by atoms with Crippen LogP contribution in [0.15, 0.2) is 53.4 Å². The molecular formula is C18H18F3NO2S. The molecule has 0 aliphatic rings. The summed E-state index contributed by atoms with van der Waals surface area (Å²) in [4.78, 5) is 14.6. The van der Waals surface area contributed by atoms with Gasteiger partial charge in [0.05, 0.1) is 5.75 Å². The Hall–Kier alpha value is -2.15. The van der Waals surface area contributed by atoms with Gasteiger partial charge in [0.1, 0.15) is 5.75 Å². The fraction of sp³-hybridized carbons (Fsp3) is 0.278. The second-order valence-electron chi connectivity index (χ2n) is 5.51. The molecule has 25 heavy (non-hydrogen) atoms. The largest absolute Gasteiger partial charge is 0.573 e. The van der Waals surface area contributed by atoms with Gasteiger partial charge in [0.25, 0.3) is 0 Å². The van der Waals surface area contributed by atoms with E-state index in [1.54, 1.807) is 13.1 Å². The van der Waals surface area contributed by atoms with Crippen LogP contribution in [0.5, 0.6) is 5.75 Å². The number of halogens is 3. The number of rotatable bonds is 6. The Morgan fingerprint density at radius 1 is 1.12 bits per heavy atom. The van der Waals surface area contributed by atoms with Crippen molar-refractivity contribution >= 4 is 17.7 Å². The van der Waals surface area contributed by atoms with Crippen molar-refractivity contribution in [1.82, 2.24) is 4.90 Å². The molecule has 3 nitrogen and oxygen atoms in total. The number of amides is 1. The maximum atomic E-state index is 12.4. The van der Waals surface area contributed by atoms with E-state index in [0.717, 1.165) is 10.5 Å². The van der Waals surface area contributed by atoms with Gasteiger partial charge in [0, 0.05) is 24.1 Å². The molecule has 2 aromatic carbocycles. The van der Waals surface area contributed by atoms with Crippen LogP contribution in [0.2, 0.25) is 0 Å². The molecule has 0 saturated heterocycles. The molecule has 0 saturated carbocycles. The highest BCUT2D eigenvalue weighted by atomic mass is 32.2. The molecule has 0 N–H and O–H groups in total. The molecule has 0 spiro atoms. The minimum Gasteiger partial charge on any atom is -0.405 e. The van der Waals surface area contributed by atoms with E-state index in [1.807, 2.05) is 31.2 Å². The fourth-order valence-electron chi connectivity index (χ4n) is 2.09. The molecule has 0 heterocycles. The zero-order chi connectivity index (χ0) is 18.4. The lowest BCUT2D eigenvalue weighted by Crippen LogP contribution is -2.28. The molecule has 0 bridgehead atoms. The van der Waals surface area contributed by atoms with Crippen LogP contribution in [0.1, 0.15) is 11.1 Å². The summed E-state index contributed by atoms with van der Waals surface area (Å²) >= 11 is 1.39. The van der Waals surface area contributed by atoms with E-state index >= 15 is 0 Å². The molecule has 0 radical (unpaired) electrons. The molecule has 0 aliphatic heterocycles. The number of carbonyl (C=O) groups is 1.